The molecule has 0 saturated heterocycles. The largest absolute Gasteiger partial charge is 0.328 e. The minimum Gasteiger partial charge on any atom is -0.328 e. The van der Waals surface area contributed by atoms with Gasteiger partial charge in [-0.15, -0.1) is 0 Å². The highest BCUT2D eigenvalue weighted by Gasteiger charge is 2.25. The average molecular weight is 285 g/mol. The summed E-state index contributed by atoms with van der Waals surface area (Å²) in [6.45, 7) is 0. The molecule has 110 valence electrons. The molecule has 1 fully saturated rings. The molecule has 6 heteroatoms. The first-order valence-electron chi connectivity index (χ1n) is 7.24. The van der Waals surface area contributed by atoms with E-state index >= 15 is 0 Å². The Morgan fingerprint density at radius 3 is 2.71 bits per heavy atom. The van der Waals surface area contributed by atoms with Gasteiger partial charge in [0, 0.05) is 12.0 Å². The molecule has 1 aromatic carbocycles. The van der Waals surface area contributed by atoms with Crippen LogP contribution in [0.15, 0.2) is 36.9 Å². The van der Waals surface area contributed by atoms with Gasteiger partial charge in [0.25, 0.3) is 0 Å². The molecule has 6 nitrogen and oxygen atoms in total. The van der Waals surface area contributed by atoms with Gasteiger partial charge >= 0.3 is 0 Å². The van der Waals surface area contributed by atoms with Crippen LogP contribution in [0.4, 0.5) is 5.69 Å². The summed E-state index contributed by atoms with van der Waals surface area (Å²) < 4.78 is 1.65. The van der Waals surface area contributed by atoms with E-state index in [2.05, 4.69) is 15.4 Å². The lowest BCUT2D eigenvalue weighted by molar-refractivity contribution is -0.120. The van der Waals surface area contributed by atoms with Crippen molar-refractivity contribution in [3.8, 4) is 5.69 Å². The molecule has 1 aromatic heterocycles. The quantitative estimate of drug-likeness (QED) is 0.899. The van der Waals surface area contributed by atoms with Crippen LogP contribution in [0, 0.1) is 5.92 Å². The predicted molar refractivity (Wildman–Crippen MR) is 79.9 cm³/mol. The van der Waals surface area contributed by atoms with Crippen LogP contribution < -0.4 is 11.1 Å². The molecule has 0 spiro atoms. The average Bonchev–Trinajstić information content (AvgIpc) is 3.02. The standard InChI is InChI=1S/C15H19N5O/c16-12-7-5-11(6-8-12)15(21)19-13-3-1-2-4-14(13)20-10-17-9-18-20/h1-4,9-12H,5-8,16H2,(H,19,21). The Morgan fingerprint density at radius 2 is 2.00 bits per heavy atom. The number of hydrogen-bond donors (Lipinski definition) is 2. The van der Waals surface area contributed by atoms with E-state index in [1.807, 2.05) is 24.3 Å². The van der Waals surface area contributed by atoms with Crippen molar-refractivity contribution in [1.82, 2.24) is 14.8 Å². The van der Waals surface area contributed by atoms with Crippen LogP contribution in [0.2, 0.25) is 0 Å². The van der Waals surface area contributed by atoms with Gasteiger partial charge in [-0.2, -0.15) is 5.10 Å². The molecular weight excluding hydrogens is 266 g/mol. The number of nitrogens with one attached hydrogen (secondary N) is 1. The monoisotopic (exact) mass is 285 g/mol. The van der Waals surface area contributed by atoms with Crippen molar-refractivity contribution in [3.05, 3.63) is 36.9 Å². The Bertz CT molecular complexity index is 602. The van der Waals surface area contributed by atoms with Gasteiger partial charge in [0.05, 0.1) is 11.4 Å². The van der Waals surface area contributed by atoms with Gasteiger partial charge in [-0.25, -0.2) is 9.67 Å². The van der Waals surface area contributed by atoms with Gasteiger partial charge in [-0.05, 0) is 37.8 Å². The van der Waals surface area contributed by atoms with E-state index in [0.29, 0.717) is 0 Å². The van der Waals surface area contributed by atoms with Crippen molar-refractivity contribution in [2.75, 3.05) is 5.32 Å². The number of anilines is 1. The molecule has 0 unspecified atom stereocenters. The van der Waals surface area contributed by atoms with Crippen LogP contribution in [-0.4, -0.2) is 26.7 Å². The Morgan fingerprint density at radius 1 is 1.24 bits per heavy atom. The highest BCUT2D eigenvalue weighted by Crippen LogP contribution is 2.26. The smallest absolute Gasteiger partial charge is 0.227 e. The SMILES string of the molecule is NC1CCC(C(=O)Nc2ccccc2-n2cncn2)CC1. The van der Waals surface area contributed by atoms with Crippen molar-refractivity contribution in [1.29, 1.82) is 0 Å². The lowest BCUT2D eigenvalue weighted by Crippen LogP contribution is -2.32. The second-order valence-corrected chi connectivity index (χ2v) is 5.46. The van der Waals surface area contributed by atoms with Crippen LogP contribution in [0.5, 0.6) is 0 Å². The van der Waals surface area contributed by atoms with Crippen molar-refractivity contribution in [2.45, 2.75) is 31.7 Å². The number of nitrogens with zero attached hydrogens (tertiary/aromatic N) is 3. The first-order valence-corrected chi connectivity index (χ1v) is 7.24. The zero-order chi connectivity index (χ0) is 14.7. The molecule has 3 N–H and O–H groups in total. The van der Waals surface area contributed by atoms with Gasteiger partial charge in [0.15, 0.2) is 0 Å². The molecule has 1 amide bonds. The summed E-state index contributed by atoms with van der Waals surface area (Å²) in [5, 5.41) is 7.13. The zero-order valence-corrected chi connectivity index (χ0v) is 11.8. The fourth-order valence-electron chi connectivity index (χ4n) is 2.73. The topological polar surface area (TPSA) is 85.8 Å². The first-order chi connectivity index (χ1) is 10.2. The summed E-state index contributed by atoms with van der Waals surface area (Å²) in [5.74, 6) is 0.114. The second-order valence-electron chi connectivity index (χ2n) is 5.46. The minimum atomic E-state index is 0.0496. The van der Waals surface area contributed by atoms with Crippen LogP contribution in [-0.2, 0) is 4.79 Å². The van der Waals surface area contributed by atoms with Crippen LogP contribution in [0.3, 0.4) is 0 Å². The van der Waals surface area contributed by atoms with Crippen LogP contribution in [0.1, 0.15) is 25.7 Å². The van der Waals surface area contributed by atoms with Crippen molar-refractivity contribution in [3.63, 3.8) is 0 Å². The summed E-state index contributed by atoms with van der Waals surface area (Å²) in [6, 6.07) is 7.83. The number of hydrogen-bond acceptors (Lipinski definition) is 4. The molecule has 3 rings (SSSR count). The minimum absolute atomic E-state index is 0.0496. The molecule has 21 heavy (non-hydrogen) atoms. The van der Waals surface area contributed by atoms with Crippen molar-refractivity contribution < 1.29 is 4.79 Å². The van der Waals surface area contributed by atoms with Gasteiger partial charge in [-0.3, -0.25) is 4.79 Å². The zero-order valence-electron chi connectivity index (χ0n) is 11.8. The predicted octanol–water partition coefficient (Wildman–Crippen LogP) is 1.72. The summed E-state index contributed by atoms with van der Waals surface area (Å²) in [5.41, 5.74) is 7.46. The molecule has 1 aliphatic rings. The number of rotatable bonds is 3. The van der Waals surface area contributed by atoms with E-state index in [4.69, 9.17) is 5.73 Å². The normalized spacial score (nSPS) is 22.0. The molecule has 0 radical (unpaired) electrons. The van der Waals surface area contributed by atoms with Crippen LogP contribution >= 0.6 is 0 Å². The Hall–Kier alpha value is -2.21. The highest BCUT2D eigenvalue weighted by atomic mass is 16.1. The van der Waals surface area contributed by atoms with E-state index in [1.165, 1.54) is 6.33 Å². The van der Waals surface area contributed by atoms with E-state index < -0.39 is 0 Å². The number of carbonyl (C=O) groups is 1. The Balaban J connectivity index is 1.75. The molecular formula is C15H19N5O. The van der Waals surface area contributed by atoms with Crippen molar-refractivity contribution >= 4 is 11.6 Å². The number of para-hydroxylation sites is 2. The summed E-state index contributed by atoms with van der Waals surface area (Å²) in [6.07, 6.45) is 6.65. The maximum Gasteiger partial charge on any atom is 0.227 e. The van der Waals surface area contributed by atoms with Gasteiger partial charge < -0.3 is 11.1 Å². The lowest BCUT2D eigenvalue weighted by Gasteiger charge is -2.25. The molecule has 1 aliphatic carbocycles. The maximum absolute atomic E-state index is 12.4. The number of amides is 1. The summed E-state index contributed by atoms with van der Waals surface area (Å²) in [4.78, 5) is 16.3. The Labute approximate surface area is 123 Å². The third kappa shape index (κ3) is 3.11. The fraction of sp³-hybridized carbons (Fsp3) is 0.400. The lowest BCUT2D eigenvalue weighted by atomic mass is 9.86. The molecule has 1 heterocycles. The van der Waals surface area contributed by atoms with Crippen molar-refractivity contribution in [2.24, 2.45) is 11.7 Å². The number of carbonyl (C=O) groups excluding carboxylic acids is 1. The summed E-state index contributed by atoms with van der Waals surface area (Å²) >= 11 is 0. The van der Waals surface area contributed by atoms with Crippen LogP contribution in [0.25, 0.3) is 5.69 Å². The van der Waals surface area contributed by atoms with Gasteiger partial charge in [0.2, 0.25) is 5.91 Å². The van der Waals surface area contributed by atoms with Gasteiger partial charge in [-0.1, -0.05) is 12.1 Å². The summed E-state index contributed by atoms with van der Waals surface area (Å²) in [7, 11) is 0. The molecule has 0 atom stereocenters. The maximum atomic E-state index is 12.4. The molecule has 0 aliphatic heterocycles. The number of aromatic nitrogens is 3. The first kappa shape index (κ1) is 13.8. The molecule has 1 saturated carbocycles. The fourth-order valence-corrected chi connectivity index (χ4v) is 2.73. The van der Waals surface area contributed by atoms with E-state index in [-0.39, 0.29) is 17.9 Å². The van der Waals surface area contributed by atoms with Gasteiger partial charge in [0.1, 0.15) is 12.7 Å². The molecule has 2 aromatic rings. The Kier molecular flexibility index (Phi) is 3.96. The van der Waals surface area contributed by atoms with E-state index in [0.717, 1.165) is 37.1 Å². The van der Waals surface area contributed by atoms with E-state index in [1.54, 1.807) is 11.0 Å². The third-order valence-corrected chi connectivity index (χ3v) is 3.97. The highest BCUT2D eigenvalue weighted by molar-refractivity contribution is 5.94. The molecule has 0 bridgehead atoms. The van der Waals surface area contributed by atoms with E-state index in [9.17, 15) is 4.79 Å². The number of nitrogens with two attached hydrogens (primary N) is 1. The third-order valence-electron chi connectivity index (χ3n) is 3.97. The number of benzene rings is 1. The second kappa shape index (κ2) is 6.05.